The third kappa shape index (κ3) is 4.63. The van der Waals surface area contributed by atoms with Gasteiger partial charge < -0.3 is 20.1 Å². The first-order chi connectivity index (χ1) is 17.0. The minimum absolute atomic E-state index is 0.0652. The number of thioether (sulfide) groups is 1. The Morgan fingerprint density at radius 2 is 1.71 bits per heavy atom. The topological polar surface area (TPSA) is 81.9 Å². The maximum atomic E-state index is 13.9. The van der Waals surface area contributed by atoms with E-state index in [0.29, 0.717) is 11.5 Å². The average molecular weight is 493 g/mol. The van der Waals surface area contributed by atoms with Gasteiger partial charge >= 0.3 is 5.97 Å². The highest BCUT2D eigenvalue weighted by molar-refractivity contribution is 8.00. The zero-order valence-corrected chi connectivity index (χ0v) is 19.7. The van der Waals surface area contributed by atoms with Crippen LogP contribution in [0.25, 0.3) is 0 Å². The summed E-state index contributed by atoms with van der Waals surface area (Å²) in [4.78, 5) is 27.9. The van der Waals surface area contributed by atoms with Crippen LogP contribution in [0.4, 0.5) is 4.39 Å². The van der Waals surface area contributed by atoms with E-state index < -0.39 is 29.3 Å². The SMILES string of the molecule is NC1C(=O)N2CC(COc3cccc(F)c3)(C(=O)OC(c3ccccc3)c3ccccc3)CS[C@H]12. The fourth-order valence-corrected chi connectivity index (χ4v) is 5.86. The van der Waals surface area contributed by atoms with Gasteiger partial charge in [0.25, 0.3) is 0 Å². The van der Waals surface area contributed by atoms with E-state index in [1.54, 1.807) is 17.0 Å². The number of nitrogens with zero attached hydrogens (tertiary/aromatic N) is 1. The molecular formula is C27H25FN2O4S. The predicted molar refractivity (Wildman–Crippen MR) is 131 cm³/mol. The van der Waals surface area contributed by atoms with Gasteiger partial charge in [-0.25, -0.2) is 4.39 Å². The van der Waals surface area contributed by atoms with Crippen molar-refractivity contribution in [3.8, 4) is 5.75 Å². The molecule has 8 heteroatoms. The largest absolute Gasteiger partial charge is 0.492 e. The van der Waals surface area contributed by atoms with E-state index in [-0.39, 0.29) is 24.4 Å². The molecule has 0 aromatic heterocycles. The molecule has 3 aromatic carbocycles. The van der Waals surface area contributed by atoms with E-state index >= 15 is 0 Å². The summed E-state index contributed by atoms with van der Waals surface area (Å²) in [7, 11) is 0. The quantitative estimate of drug-likeness (QED) is 0.400. The van der Waals surface area contributed by atoms with Gasteiger partial charge in [-0.2, -0.15) is 0 Å². The summed E-state index contributed by atoms with van der Waals surface area (Å²) >= 11 is 1.44. The number of hydrogen-bond donors (Lipinski definition) is 1. The van der Waals surface area contributed by atoms with Crippen molar-refractivity contribution in [3.63, 3.8) is 0 Å². The lowest BCUT2D eigenvalue weighted by Gasteiger charge is -2.53. The Balaban J connectivity index is 1.44. The molecule has 2 heterocycles. The van der Waals surface area contributed by atoms with Crippen molar-refractivity contribution in [2.24, 2.45) is 11.1 Å². The lowest BCUT2D eigenvalue weighted by Crippen LogP contribution is -2.72. The number of β-lactam (4-membered cyclic amide) rings is 1. The molecule has 3 atom stereocenters. The van der Waals surface area contributed by atoms with Crippen LogP contribution < -0.4 is 10.5 Å². The van der Waals surface area contributed by atoms with E-state index in [1.165, 1.54) is 23.9 Å². The van der Waals surface area contributed by atoms with Crippen molar-refractivity contribution in [1.29, 1.82) is 0 Å². The molecule has 180 valence electrons. The van der Waals surface area contributed by atoms with Gasteiger partial charge in [0.05, 0.1) is 0 Å². The summed E-state index contributed by atoms with van der Waals surface area (Å²) in [5.41, 5.74) is 6.47. The van der Waals surface area contributed by atoms with Crippen LogP contribution in [0.15, 0.2) is 84.9 Å². The third-order valence-electron chi connectivity index (χ3n) is 6.36. The van der Waals surface area contributed by atoms with Gasteiger partial charge in [-0.05, 0) is 23.3 Å². The van der Waals surface area contributed by atoms with E-state index in [9.17, 15) is 14.0 Å². The minimum atomic E-state index is -1.15. The number of carbonyl (C=O) groups excluding carboxylic acids is 2. The molecule has 2 fully saturated rings. The molecular weight excluding hydrogens is 467 g/mol. The summed E-state index contributed by atoms with van der Waals surface area (Å²) in [6.07, 6.45) is -0.631. The van der Waals surface area contributed by atoms with Crippen LogP contribution in [-0.2, 0) is 14.3 Å². The van der Waals surface area contributed by atoms with Gasteiger partial charge in [0.15, 0.2) is 6.10 Å². The second-order valence-corrected chi connectivity index (χ2v) is 9.93. The normalized spacial score (nSPS) is 23.4. The van der Waals surface area contributed by atoms with E-state index in [0.717, 1.165) is 11.1 Å². The number of amides is 1. The Morgan fingerprint density at radius 3 is 2.34 bits per heavy atom. The van der Waals surface area contributed by atoms with Gasteiger partial charge in [-0.1, -0.05) is 66.7 Å². The third-order valence-corrected chi connectivity index (χ3v) is 7.97. The van der Waals surface area contributed by atoms with Crippen LogP contribution in [0.3, 0.4) is 0 Å². The number of rotatable bonds is 7. The number of nitrogens with two attached hydrogens (primary N) is 1. The molecule has 0 bridgehead atoms. The molecule has 1 amide bonds. The van der Waals surface area contributed by atoms with Gasteiger partial charge in [0, 0.05) is 18.4 Å². The fourth-order valence-electron chi connectivity index (χ4n) is 4.39. The highest BCUT2D eigenvalue weighted by Crippen LogP contribution is 2.43. The first kappa shape index (κ1) is 23.4. The summed E-state index contributed by atoms with van der Waals surface area (Å²) < 4.78 is 25.8. The highest BCUT2D eigenvalue weighted by Gasteiger charge is 2.57. The van der Waals surface area contributed by atoms with Crippen LogP contribution in [-0.4, -0.2) is 47.1 Å². The first-order valence-corrected chi connectivity index (χ1v) is 12.4. The zero-order chi connectivity index (χ0) is 24.4. The van der Waals surface area contributed by atoms with Gasteiger partial charge in [-0.3, -0.25) is 9.59 Å². The molecule has 0 spiro atoms. The number of esters is 1. The Labute approximate surface area is 207 Å². The summed E-state index contributed by atoms with van der Waals surface area (Å²) in [6.45, 7) is 0.0615. The van der Waals surface area contributed by atoms with Crippen molar-refractivity contribution in [2.75, 3.05) is 18.9 Å². The van der Waals surface area contributed by atoms with Crippen molar-refractivity contribution in [3.05, 3.63) is 102 Å². The maximum absolute atomic E-state index is 13.9. The van der Waals surface area contributed by atoms with Crippen molar-refractivity contribution >= 4 is 23.6 Å². The van der Waals surface area contributed by atoms with Crippen molar-refractivity contribution < 1.29 is 23.5 Å². The second-order valence-electron chi connectivity index (χ2n) is 8.83. The number of benzene rings is 3. The van der Waals surface area contributed by atoms with Crippen LogP contribution >= 0.6 is 11.8 Å². The predicted octanol–water partition coefficient (Wildman–Crippen LogP) is 3.77. The van der Waals surface area contributed by atoms with E-state index in [4.69, 9.17) is 15.2 Å². The van der Waals surface area contributed by atoms with Crippen molar-refractivity contribution in [1.82, 2.24) is 4.90 Å². The average Bonchev–Trinajstić information content (AvgIpc) is 2.90. The van der Waals surface area contributed by atoms with Gasteiger partial charge in [0.2, 0.25) is 5.91 Å². The van der Waals surface area contributed by atoms with Crippen LogP contribution in [0, 0.1) is 11.2 Å². The van der Waals surface area contributed by atoms with E-state index in [1.807, 2.05) is 60.7 Å². The molecule has 0 saturated carbocycles. The number of hydrogen-bond acceptors (Lipinski definition) is 6. The molecule has 2 saturated heterocycles. The lowest BCUT2D eigenvalue weighted by atomic mass is 9.87. The second kappa shape index (κ2) is 9.71. The Bertz CT molecular complexity index is 1170. The molecule has 2 unspecified atom stereocenters. The van der Waals surface area contributed by atoms with Crippen LogP contribution in [0.2, 0.25) is 0 Å². The standard InChI is InChI=1S/C27H25FN2O4S/c28-20-12-7-13-21(14-20)33-16-27(15-30-24(31)22(29)25(30)35-17-27)26(32)34-23(18-8-3-1-4-9-18)19-10-5-2-6-11-19/h1-14,22-23,25H,15-17,29H2/t22?,25-,27?/m1/s1. The Hall–Kier alpha value is -3.36. The molecule has 5 rings (SSSR count). The molecule has 2 aliphatic rings. The molecule has 3 aromatic rings. The fraction of sp³-hybridized carbons (Fsp3) is 0.259. The first-order valence-electron chi connectivity index (χ1n) is 11.3. The van der Waals surface area contributed by atoms with E-state index in [2.05, 4.69) is 0 Å². The summed E-state index contributed by atoms with van der Waals surface area (Å²) in [5, 5.41) is -0.170. The van der Waals surface area contributed by atoms with Crippen LogP contribution in [0.1, 0.15) is 17.2 Å². The molecule has 0 aliphatic carbocycles. The molecule has 6 nitrogen and oxygen atoms in total. The molecule has 0 radical (unpaired) electrons. The lowest BCUT2D eigenvalue weighted by molar-refractivity contribution is -0.166. The smallest absolute Gasteiger partial charge is 0.319 e. The Kier molecular flexibility index (Phi) is 6.49. The molecule has 2 N–H and O–H groups in total. The monoisotopic (exact) mass is 492 g/mol. The van der Waals surface area contributed by atoms with Gasteiger partial charge in [-0.15, -0.1) is 11.8 Å². The molecule has 35 heavy (non-hydrogen) atoms. The highest BCUT2D eigenvalue weighted by atomic mass is 32.2. The zero-order valence-electron chi connectivity index (χ0n) is 18.9. The number of ether oxygens (including phenoxy) is 2. The van der Waals surface area contributed by atoms with Crippen molar-refractivity contribution in [2.45, 2.75) is 17.5 Å². The summed E-state index contributed by atoms with van der Waals surface area (Å²) in [5.74, 6) is -0.453. The van der Waals surface area contributed by atoms with Gasteiger partial charge in [0.1, 0.15) is 35.0 Å². The minimum Gasteiger partial charge on any atom is -0.492 e. The maximum Gasteiger partial charge on any atom is 0.319 e. The summed E-state index contributed by atoms with van der Waals surface area (Å²) in [6, 6.07) is 24.2. The Morgan fingerprint density at radius 1 is 1.06 bits per heavy atom. The molecule has 2 aliphatic heterocycles. The number of halogens is 1. The number of fused-ring (bicyclic) bond motifs is 1. The van der Waals surface area contributed by atoms with Crippen LogP contribution in [0.5, 0.6) is 5.75 Å². The number of carbonyl (C=O) groups is 2.